The Morgan fingerprint density at radius 3 is 2.91 bits per heavy atom. The fourth-order valence-corrected chi connectivity index (χ4v) is 0.788. The van der Waals surface area contributed by atoms with Crippen LogP contribution in [0.4, 0.5) is 0 Å². The Bertz CT molecular complexity index is 202. The van der Waals surface area contributed by atoms with Crippen LogP contribution in [0.15, 0.2) is 18.6 Å². The van der Waals surface area contributed by atoms with E-state index in [9.17, 15) is 5.11 Å². The Kier molecular flexibility index (Phi) is 2.95. The van der Waals surface area contributed by atoms with E-state index in [4.69, 9.17) is 5.73 Å². The summed E-state index contributed by atoms with van der Waals surface area (Å²) < 4.78 is 0. The summed E-state index contributed by atoms with van der Waals surface area (Å²) in [6.07, 6.45) is 4.61. The van der Waals surface area contributed by atoms with Gasteiger partial charge >= 0.3 is 0 Å². The molecule has 0 saturated heterocycles. The first kappa shape index (κ1) is 8.10. The summed E-state index contributed by atoms with van der Waals surface area (Å²) in [6.45, 7) is 0.456. The Morgan fingerprint density at radius 1 is 1.55 bits per heavy atom. The van der Waals surface area contributed by atoms with Crippen LogP contribution in [0.1, 0.15) is 18.2 Å². The second kappa shape index (κ2) is 4.00. The maximum atomic E-state index is 9.34. The number of nitrogens with zero attached hydrogens (tertiary/aromatic N) is 2. The summed E-state index contributed by atoms with van der Waals surface area (Å²) in [5.74, 6) is 0. The minimum Gasteiger partial charge on any atom is -0.387 e. The van der Waals surface area contributed by atoms with Crippen LogP contribution in [0.5, 0.6) is 0 Å². The molecule has 1 aromatic rings. The SMILES string of the molecule is NCC[C@@H](O)c1cnccn1. The van der Waals surface area contributed by atoms with E-state index in [0.29, 0.717) is 18.7 Å². The van der Waals surface area contributed by atoms with E-state index in [-0.39, 0.29) is 0 Å². The molecule has 1 atom stereocenters. The quantitative estimate of drug-likeness (QED) is 0.634. The normalized spacial score (nSPS) is 12.9. The molecule has 11 heavy (non-hydrogen) atoms. The van der Waals surface area contributed by atoms with E-state index in [1.165, 1.54) is 0 Å². The summed E-state index contributed by atoms with van der Waals surface area (Å²) >= 11 is 0. The summed E-state index contributed by atoms with van der Waals surface area (Å²) in [4.78, 5) is 7.75. The molecule has 0 aliphatic rings. The number of aromatic nitrogens is 2. The van der Waals surface area contributed by atoms with E-state index in [2.05, 4.69) is 9.97 Å². The second-order valence-electron chi connectivity index (χ2n) is 2.22. The predicted octanol–water partition coefficient (Wildman–Crippen LogP) is -0.141. The lowest BCUT2D eigenvalue weighted by atomic mass is 10.2. The van der Waals surface area contributed by atoms with Crippen molar-refractivity contribution in [1.29, 1.82) is 0 Å². The van der Waals surface area contributed by atoms with E-state index >= 15 is 0 Å². The van der Waals surface area contributed by atoms with Gasteiger partial charge in [-0.05, 0) is 13.0 Å². The zero-order valence-electron chi connectivity index (χ0n) is 6.14. The molecule has 4 heteroatoms. The Hall–Kier alpha value is -1.00. The number of hydrogen-bond donors (Lipinski definition) is 2. The van der Waals surface area contributed by atoms with Gasteiger partial charge in [-0.15, -0.1) is 0 Å². The first-order valence-corrected chi connectivity index (χ1v) is 3.48. The lowest BCUT2D eigenvalue weighted by Crippen LogP contribution is -2.08. The first-order chi connectivity index (χ1) is 5.34. The summed E-state index contributed by atoms with van der Waals surface area (Å²) in [5, 5.41) is 9.34. The number of aliphatic hydroxyl groups excluding tert-OH is 1. The largest absolute Gasteiger partial charge is 0.387 e. The number of hydrogen-bond acceptors (Lipinski definition) is 4. The average Bonchev–Trinajstić information content (AvgIpc) is 2.07. The number of nitrogens with two attached hydrogens (primary N) is 1. The summed E-state index contributed by atoms with van der Waals surface area (Å²) in [6, 6.07) is 0. The fraction of sp³-hybridized carbons (Fsp3) is 0.429. The zero-order chi connectivity index (χ0) is 8.10. The van der Waals surface area contributed by atoms with Crippen LogP contribution < -0.4 is 5.73 Å². The molecule has 0 bridgehead atoms. The summed E-state index contributed by atoms with van der Waals surface area (Å²) in [7, 11) is 0. The minimum absolute atomic E-state index is 0.456. The van der Waals surface area contributed by atoms with Gasteiger partial charge in [-0.3, -0.25) is 9.97 Å². The van der Waals surface area contributed by atoms with Crippen molar-refractivity contribution in [3.05, 3.63) is 24.3 Å². The molecule has 0 aliphatic carbocycles. The van der Waals surface area contributed by atoms with Crippen LogP contribution in [0.3, 0.4) is 0 Å². The molecule has 3 N–H and O–H groups in total. The van der Waals surface area contributed by atoms with Gasteiger partial charge in [0.2, 0.25) is 0 Å². The standard InChI is InChI=1S/C7H11N3O/c8-2-1-7(11)6-5-9-3-4-10-6/h3-5,7,11H,1-2,8H2/t7-/m1/s1. The number of aliphatic hydroxyl groups is 1. The molecule has 0 radical (unpaired) electrons. The molecular weight excluding hydrogens is 142 g/mol. The van der Waals surface area contributed by atoms with Crippen molar-refractivity contribution in [3.8, 4) is 0 Å². The highest BCUT2D eigenvalue weighted by Gasteiger charge is 2.06. The molecule has 1 aromatic heterocycles. The molecule has 0 amide bonds. The monoisotopic (exact) mass is 153 g/mol. The van der Waals surface area contributed by atoms with Gasteiger partial charge in [-0.2, -0.15) is 0 Å². The van der Waals surface area contributed by atoms with Gasteiger partial charge in [0, 0.05) is 12.4 Å². The maximum absolute atomic E-state index is 9.34. The van der Waals surface area contributed by atoms with Crippen molar-refractivity contribution < 1.29 is 5.11 Å². The second-order valence-corrected chi connectivity index (χ2v) is 2.22. The van der Waals surface area contributed by atoms with Crippen LogP contribution in [0, 0.1) is 0 Å². The van der Waals surface area contributed by atoms with Gasteiger partial charge < -0.3 is 10.8 Å². The van der Waals surface area contributed by atoms with Crippen molar-refractivity contribution in [1.82, 2.24) is 9.97 Å². The van der Waals surface area contributed by atoms with Gasteiger partial charge in [0.15, 0.2) is 0 Å². The molecule has 60 valence electrons. The van der Waals surface area contributed by atoms with Gasteiger partial charge in [0.1, 0.15) is 0 Å². The van der Waals surface area contributed by atoms with E-state index in [0.717, 1.165) is 0 Å². The van der Waals surface area contributed by atoms with Crippen molar-refractivity contribution >= 4 is 0 Å². The van der Waals surface area contributed by atoms with Crippen LogP contribution in [0.2, 0.25) is 0 Å². The molecule has 1 heterocycles. The third kappa shape index (κ3) is 2.25. The first-order valence-electron chi connectivity index (χ1n) is 3.48. The van der Waals surface area contributed by atoms with Crippen LogP contribution in [-0.4, -0.2) is 21.6 Å². The van der Waals surface area contributed by atoms with Crippen molar-refractivity contribution in [2.24, 2.45) is 5.73 Å². The smallest absolute Gasteiger partial charge is 0.0987 e. The topological polar surface area (TPSA) is 72.0 Å². The number of rotatable bonds is 3. The third-order valence-electron chi connectivity index (χ3n) is 1.36. The van der Waals surface area contributed by atoms with Crippen LogP contribution in [-0.2, 0) is 0 Å². The van der Waals surface area contributed by atoms with Gasteiger partial charge in [-0.25, -0.2) is 0 Å². The van der Waals surface area contributed by atoms with Crippen molar-refractivity contribution in [3.63, 3.8) is 0 Å². The predicted molar refractivity (Wildman–Crippen MR) is 40.7 cm³/mol. The lowest BCUT2D eigenvalue weighted by Gasteiger charge is -2.05. The molecule has 0 aliphatic heterocycles. The third-order valence-corrected chi connectivity index (χ3v) is 1.36. The highest BCUT2D eigenvalue weighted by atomic mass is 16.3. The minimum atomic E-state index is -0.575. The van der Waals surface area contributed by atoms with Crippen molar-refractivity contribution in [2.75, 3.05) is 6.54 Å². The lowest BCUT2D eigenvalue weighted by molar-refractivity contribution is 0.165. The van der Waals surface area contributed by atoms with E-state index in [1.807, 2.05) is 0 Å². The van der Waals surface area contributed by atoms with Gasteiger partial charge in [0.25, 0.3) is 0 Å². The Balaban J connectivity index is 2.61. The molecule has 1 rings (SSSR count). The molecule has 0 spiro atoms. The molecule has 4 nitrogen and oxygen atoms in total. The average molecular weight is 153 g/mol. The fourth-order valence-electron chi connectivity index (χ4n) is 0.788. The van der Waals surface area contributed by atoms with Crippen LogP contribution >= 0.6 is 0 Å². The molecular formula is C7H11N3O. The van der Waals surface area contributed by atoms with E-state index < -0.39 is 6.10 Å². The maximum Gasteiger partial charge on any atom is 0.0987 e. The van der Waals surface area contributed by atoms with Gasteiger partial charge in [0.05, 0.1) is 18.0 Å². The molecule has 0 aromatic carbocycles. The molecule has 0 unspecified atom stereocenters. The van der Waals surface area contributed by atoms with Gasteiger partial charge in [-0.1, -0.05) is 0 Å². The van der Waals surface area contributed by atoms with Crippen molar-refractivity contribution in [2.45, 2.75) is 12.5 Å². The zero-order valence-corrected chi connectivity index (χ0v) is 6.14. The summed E-state index contributed by atoms with van der Waals surface area (Å²) in [5.41, 5.74) is 5.84. The van der Waals surface area contributed by atoms with E-state index in [1.54, 1.807) is 18.6 Å². The molecule has 0 saturated carbocycles. The van der Waals surface area contributed by atoms with Crippen LogP contribution in [0.25, 0.3) is 0 Å². The highest BCUT2D eigenvalue weighted by Crippen LogP contribution is 2.10. The Morgan fingerprint density at radius 2 is 2.36 bits per heavy atom. The molecule has 0 fully saturated rings. The Labute approximate surface area is 65.1 Å². The highest BCUT2D eigenvalue weighted by molar-refractivity contribution is 4.98.